The second-order valence-electron chi connectivity index (χ2n) is 3.34. The fraction of sp³-hybridized carbons (Fsp3) is 0.364. The van der Waals surface area contributed by atoms with Crippen LogP contribution in [0.2, 0.25) is 5.02 Å². The van der Waals surface area contributed by atoms with E-state index >= 15 is 0 Å². The smallest absolute Gasteiger partial charge is 0.303 e. The molecule has 1 atom stereocenters. The molecule has 82 valence electrons. The van der Waals surface area contributed by atoms with Gasteiger partial charge in [0.25, 0.3) is 0 Å². The summed E-state index contributed by atoms with van der Waals surface area (Å²) in [5, 5.41) is 0.0174. The Kier molecular flexibility index (Phi) is 3.69. The molecule has 0 heterocycles. The SMILES string of the molecule is CC(=O)O[C@@H](C)c1c(C)ccc(F)c1Cl. The van der Waals surface area contributed by atoms with Gasteiger partial charge in [-0.25, -0.2) is 4.39 Å². The van der Waals surface area contributed by atoms with Crippen molar-refractivity contribution in [3.05, 3.63) is 34.1 Å². The van der Waals surface area contributed by atoms with E-state index in [2.05, 4.69) is 0 Å². The molecule has 0 aliphatic heterocycles. The number of ether oxygens (including phenoxy) is 1. The number of aryl methyl sites for hydroxylation is 1. The summed E-state index contributed by atoms with van der Waals surface area (Å²) in [6.07, 6.45) is -0.536. The van der Waals surface area contributed by atoms with Gasteiger partial charge in [-0.1, -0.05) is 17.7 Å². The average Bonchev–Trinajstić information content (AvgIpc) is 2.11. The molecular formula is C11H12ClFO2. The maximum atomic E-state index is 13.2. The first-order chi connectivity index (χ1) is 6.93. The Morgan fingerprint density at radius 2 is 2.13 bits per heavy atom. The zero-order valence-electron chi connectivity index (χ0n) is 8.80. The highest BCUT2D eigenvalue weighted by Crippen LogP contribution is 2.30. The first-order valence-electron chi connectivity index (χ1n) is 4.55. The topological polar surface area (TPSA) is 26.3 Å². The van der Waals surface area contributed by atoms with Gasteiger partial charge in [-0.3, -0.25) is 4.79 Å². The molecule has 0 aliphatic rings. The maximum Gasteiger partial charge on any atom is 0.303 e. The molecule has 0 saturated heterocycles. The van der Waals surface area contributed by atoms with E-state index in [1.807, 2.05) is 0 Å². The van der Waals surface area contributed by atoms with Gasteiger partial charge in [-0.2, -0.15) is 0 Å². The van der Waals surface area contributed by atoms with Crippen molar-refractivity contribution in [2.75, 3.05) is 0 Å². The minimum atomic E-state index is -0.536. The summed E-state index contributed by atoms with van der Waals surface area (Å²) >= 11 is 5.81. The Morgan fingerprint density at radius 3 is 2.67 bits per heavy atom. The van der Waals surface area contributed by atoms with Gasteiger partial charge in [0, 0.05) is 12.5 Å². The van der Waals surface area contributed by atoms with Crippen LogP contribution in [0.4, 0.5) is 4.39 Å². The molecule has 2 nitrogen and oxygen atoms in total. The molecule has 0 unspecified atom stereocenters. The third kappa shape index (κ3) is 2.69. The van der Waals surface area contributed by atoms with Gasteiger partial charge >= 0.3 is 5.97 Å². The fourth-order valence-electron chi connectivity index (χ4n) is 1.47. The number of hydrogen-bond acceptors (Lipinski definition) is 2. The number of hydrogen-bond donors (Lipinski definition) is 0. The maximum absolute atomic E-state index is 13.2. The van der Waals surface area contributed by atoms with Crippen LogP contribution in [0.5, 0.6) is 0 Å². The molecule has 0 bridgehead atoms. The van der Waals surface area contributed by atoms with Gasteiger partial charge in [-0.15, -0.1) is 0 Å². The van der Waals surface area contributed by atoms with E-state index < -0.39 is 17.9 Å². The minimum Gasteiger partial charge on any atom is -0.458 e. The number of halogens is 2. The zero-order valence-corrected chi connectivity index (χ0v) is 9.56. The number of rotatable bonds is 2. The van der Waals surface area contributed by atoms with Crippen molar-refractivity contribution < 1.29 is 13.9 Å². The van der Waals surface area contributed by atoms with Gasteiger partial charge < -0.3 is 4.74 Å². The number of benzene rings is 1. The van der Waals surface area contributed by atoms with Gasteiger partial charge in [0.1, 0.15) is 11.9 Å². The second kappa shape index (κ2) is 4.62. The predicted octanol–water partition coefficient (Wildman–Crippen LogP) is 3.41. The van der Waals surface area contributed by atoms with E-state index in [-0.39, 0.29) is 5.02 Å². The molecule has 4 heteroatoms. The summed E-state index contributed by atoms with van der Waals surface area (Å²) in [6, 6.07) is 2.90. The van der Waals surface area contributed by atoms with Crippen molar-refractivity contribution in [3.8, 4) is 0 Å². The molecule has 0 aromatic heterocycles. The molecule has 0 radical (unpaired) electrons. The highest BCUT2D eigenvalue weighted by molar-refractivity contribution is 6.31. The normalized spacial score (nSPS) is 12.3. The summed E-state index contributed by atoms with van der Waals surface area (Å²) in [5.74, 6) is -0.918. The largest absolute Gasteiger partial charge is 0.458 e. The van der Waals surface area contributed by atoms with Crippen LogP contribution in [-0.2, 0) is 9.53 Å². The summed E-state index contributed by atoms with van der Waals surface area (Å²) in [5.41, 5.74) is 1.32. The van der Waals surface area contributed by atoms with Gasteiger partial charge in [-0.05, 0) is 25.5 Å². The highest BCUT2D eigenvalue weighted by atomic mass is 35.5. The van der Waals surface area contributed by atoms with Crippen molar-refractivity contribution in [1.82, 2.24) is 0 Å². The monoisotopic (exact) mass is 230 g/mol. The van der Waals surface area contributed by atoms with Crippen molar-refractivity contribution in [2.24, 2.45) is 0 Å². The standard InChI is InChI=1S/C11H12ClFO2/c1-6-4-5-9(13)11(12)10(6)7(2)15-8(3)14/h4-5,7H,1-3H3/t7-/m0/s1. The van der Waals surface area contributed by atoms with Crippen LogP contribution >= 0.6 is 11.6 Å². The molecule has 0 saturated carbocycles. The Balaban J connectivity index is 3.12. The Bertz CT molecular complexity index is 390. The number of carbonyl (C=O) groups excluding carboxylic acids is 1. The summed E-state index contributed by atoms with van der Waals surface area (Å²) < 4.78 is 18.1. The third-order valence-corrected chi connectivity index (χ3v) is 2.48. The van der Waals surface area contributed by atoms with Gasteiger partial charge in [0.15, 0.2) is 0 Å². The average molecular weight is 231 g/mol. The molecule has 15 heavy (non-hydrogen) atoms. The van der Waals surface area contributed by atoms with E-state index in [9.17, 15) is 9.18 Å². The van der Waals surface area contributed by atoms with Crippen LogP contribution in [0.3, 0.4) is 0 Å². The van der Waals surface area contributed by atoms with Gasteiger partial charge in [0.05, 0.1) is 5.02 Å². The van der Waals surface area contributed by atoms with Gasteiger partial charge in [0.2, 0.25) is 0 Å². The van der Waals surface area contributed by atoms with Crippen LogP contribution in [0.1, 0.15) is 31.1 Å². The molecular weight excluding hydrogens is 219 g/mol. The Labute approximate surface area is 93.0 Å². The van der Waals surface area contributed by atoms with Crippen molar-refractivity contribution in [2.45, 2.75) is 26.9 Å². The van der Waals surface area contributed by atoms with E-state index in [4.69, 9.17) is 16.3 Å². The van der Waals surface area contributed by atoms with E-state index in [0.29, 0.717) is 5.56 Å². The molecule has 0 N–H and O–H groups in total. The first-order valence-corrected chi connectivity index (χ1v) is 4.93. The lowest BCUT2D eigenvalue weighted by atomic mass is 10.0. The van der Waals surface area contributed by atoms with Crippen LogP contribution in [0.15, 0.2) is 12.1 Å². The molecule has 0 fully saturated rings. The zero-order chi connectivity index (χ0) is 11.6. The lowest BCUT2D eigenvalue weighted by Gasteiger charge is -2.16. The highest BCUT2D eigenvalue weighted by Gasteiger charge is 2.17. The van der Waals surface area contributed by atoms with Crippen molar-refractivity contribution in [3.63, 3.8) is 0 Å². The number of esters is 1. The van der Waals surface area contributed by atoms with E-state index in [1.165, 1.54) is 13.0 Å². The predicted molar refractivity (Wildman–Crippen MR) is 56.3 cm³/mol. The summed E-state index contributed by atoms with van der Waals surface area (Å²) in [4.78, 5) is 10.8. The summed E-state index contributed by atoms with van der Waals surface area (Å²) in [7, 11) is 0. The lowest BCUT2D eigenvalue weighted by Crippen LogP contribution is -2.07. The molecule has 0 spiro atoms. The quantitative estimate of drug-likeness (QED) is 0.728. The third-order valence-electron chi connectivity index (χ3n) is 2.10. The van der Waals surface area contributed by atoms with Crippen LogP contribution in [0.25, 0.3) is 0 Å². The lowest BCUT2D eigenvalue weighted by molar-refractivity contribution is -0.145. The molecule has 1 rings (SSSR count). The molecule has 0 amide bonds. The van der Waals surface area contributed by atoms with Crippen molar-refractivity contribution >= 4 is 17.6 Å². The minimum absolute atomic E-state index is 0.0174. The van der Waals surface area contributed by atoms with Crippen LogP contribution < -0.4 is 0 Å². The Hall–Kier alpha value is -1.09. The van der Waals surface area contributed by atoms with Crippen LogP contribution in [-0.4, -0.2) is 5.97 Å². The summed E-state index contributed by atoms with van der Waals surface area (Å²) in [6.45, 7) is 4.76. The molecule has 1 aromatic rings. The number of carbonyl (C=O) groups is 1. The van der Waals surface area contributed by atoms with E-state index in [1.54, 1.807) is 19.9 Å². The van der Waals surface area contributed by atoms with Crippen molar-refractivity contribution in [1.29, 1.82) is 0 Å². The van der Waals surface area contributed by atoms with Crippen LogP contribution in [0, 0.1) is 12.7 Å². The molecule has 0 aliphatic carbocycles. The second-order valence-corrected chi connectivity index (χ2v) is 3.72. The fourth-order valence-corrected chi connectivity index (χ4v) is 1.84. The van der Waals surface area contributed by atoms with E-state index in [0.717, 1.165) is 5.56 Å². The first kappa shape index (κ1) is 12.0. The Morgan fingerprint density at radius 1 is 1.53 bits per heavy atom. The molecule has 1 aromatic carbocycles.